The SMILES string of the molecule is CC[C@H](C)NC(=O)[C@@H](C)N(Cc1cccc(C)c1)C(=O)CSCc1c(F)cccc1Cl. The van der Waals surface area contributed by atoms with Crippen LogP contribution >= 0.6 is 23.4 Å². The van der Waals surface area contributed by atoms with Gasteiger partial charge in [-0.2, -0.15) is 0 Å². The van der Waals surface area contributed by atoms with Gasteiger partial charge >= 0.3 is 0 Å². The number of nitrogens with zero attached hydrogens (tertiary/aromatic N) is 1. The van der Waals surface area contributed by atoms with Gasteiger partial charge in [-0.25, -0.2) is 4.39 Å². The topological polar surface area (TPSA) is 49.4 Å². The minimum Gasteiger partial charge on any atom is -0.352 e. The Kier molecular flexibility index (Phi) is 9.85. The lowest BCUT2D eigenvalue weighted by atomic mass is 10.1. The summed E-state index contributed by atoms with van der Waals surface area (Å²) in [5.74, 6) is -0.339. The Balaban J connectivity index is 2.12. The summed E-state index contributed by atoms with van der Waals surface area (Å²) >= 11 is 7.37. The fourth-order valence-corrected chi connectivity index (χ4v) is 4.30. The first-order chi connectivity index (χ1) is 14.7. The Morgan fingerprint density at radius 3 is 2.55 bits per heavy atom. The van der Waals surface area contributed by atoms with Crippen molar-refractivity contribution < 1.29 is 14.0 Å². The van der Waals surface area contributed by atoms with Gasteiger partial charge < -0.3 is 10.2 Å². The maximum atomic E-state index is 14.0. The van der Waals surface area contributed by atoms with Crippen molar-refractivity contribution in [3.05, 3.63) is 70.0 Å². The molecule has 31 heavy (non-hydrogen) atoms. The highest BCUT2D eigenvalue weighted by molar-refractivity contribution is 7.99. The van der Waals surface area contributed by atoms with Gasteiger partial charge in [0.2, 0.25) is 11.8 Å². The number of amides is 2. The Labute approximate surface area is 193 Å². The van der Waals surface area contributed by atoms with E-state index in [4.69, 9.17) is 11.6 Å². The van der Waals surface area contributed by atoms with E-state index in [-0.39, 0.29) is 35.2 Å². The summed E-state index contributed by atoms with van der Waals surface area (Å²) in [5, 5.41) is 3.30. The minimum absolute atomic E-state index is 0.0310. The molecule has 0 radical (unpaired) electrons. The molecule has 0 bridgehead atoms. The molecule has 2 aromatic carbocycles. The van der Waals surface area contributed by atoms with Crippen molar-refractivity contribution in [3.8, 4) is 0 Å². The number of hydrogen-bond donors (Lipinski definition) is 1. The van der Waals surface area contributed by atoms with Gasteiger partial charge in [0.05, 0.1) is 5.75 Å². The molecule has 0 saturated carbocycles. The lowest BCUT2D eigenvalue weighted by molar-refractivity contribution is -0.138. The van der Waals surface area contributed by atoms with Crippen LogP contribution in [0.5, 0.6) is 0 Å². The normalized spacial score (nSPS) is 12.8. The van der Waals surface area contributed by atoms with Crippen LogP contribution in [-0.4, -0.2) is 34.6 Å². The van der Waals surface area contributed by atoms with Gasteiger partial charge in [-0.3, -0.25) is 9.59 Å². The summed E-state index contributed by atoms with van der Waals surface area (Å²) in [6, 6.07) is 11.8. The Morgan fingerprint density at radius 2 is 1.90 bits per heavy atom. The molecular weight excluding hydrogens is 435 g/mol. The summed E-state index contributed by atoms with van der Waals surface area (Å²) in [4.78, 5) is 27.4. The summed E-state index contributed by atoms with van der Waals surface area (Å²) in [6.45, 7) is 7.99. The molecule has 0 heterocycles. The molecule has 0 aliphatic carbocycles. The first-order valence-electron chi connectivity index (χ1n) is 10.4. The number of halogens is 2. The molecule has 2 atom stereocenters. The first kappa shape index (κ1) is 25.2. The second kappa shape index (κ2) is 12.1. The van der Waals surface area contributed by atoms with Crippen LogP contribution in [0.1, 0.15) is 43.9 Å². The zero-order valence-electron chi connectivity index (χ0n) is 18.5. The average Bonchev–Trinajstić information content (AvgIpc) is 2.73. The van der Waals surface area contributed by atoms with Crippen LogP contribution in [-0.2, 0) is 21.9 Å². The number of benzene rings is 2. The molecular formula is C24H30ClFN2O2S. The first-order valence-corrected chi connectivity index (χ1v) is 11.9. The van der Waals surface area contributed by atoms with Crippen LogP contribution in [0.3, 0.4) is 0 Å². The van der Waals surface area contributed by atoms with E-state index in [0.29, 0.717) is 17.1 Å². The van der Waals surface area contributed by atoms with Crippen molar-refractivity contribution in [1.29, 1.82) is 0 Å². The van der Waals surface area contributed by atoms with Gasteiger partial charge in [-0.05, 0) is 44.9 Å². The van der Waals surface area contributed by atoms with Crippen LogP contribution in [0.15, 0.2) is 42.5 Å². The van der Waals surface area contributed by atoms with Crippen LogP contribution in [0.4, 0.5) is 4.39 Å². The summed E-state index contributed by atoms with van der Waals surface area (Å²) in [5.41, 5.74) is 2.43. The quantitative estimate of drug-likeness (QED) is 0.515. The molecule has 0 spiro atoms. The van der Waals surface area contributed by atoms with Crippen LogP contribution in [0, 0.1) is 12.7 Å². The zero-order chi connectivity index (χ0) is 23.0. The maximum absolute atomic E-state index is 14.0. The van der Waals surface area contributed by atoms with E-state index in [1.165, 1.54) is 17.8 Å². The lowest BCUT2D eigenvalue weighted by Gasteiger charge is -2.29. The van der Waals surface area contributed by atoms with Crippen molar-refractivity contribution in [3.63, 3.8) is 0 Å². The largest absolute Gasteiger partial charge is 0.352 e. The van der Waals surface area contributed by atoms with Crippen molar-refractivity contribution >= 4 is 35.2 Å². The van der Waals surface area contributed by atoms with E-state index in [0.717, 1.165) is 17.5 Å². The second-order valence-electron chi connectivity index (χ2n) is 7.70. The highest BCUT2D eigenvalue weighted by Crippen LogP contribution is 2.24. The molecule has 4 nitrogen and oxygen atoms in total. The van der Waals surface area contributed by atoms with Crippen LogP contribution in [0.25, 0.3) is 0 Å². The van der Waals surface area contributed by atoms with E-state index in [1.807, 2.05) is 45.0 Å². The molecule has 0 saturated heterocycles. The highest BCUT2D eigenvalue weighted by atomic mass is 35.5. The predicted molar refractivity (Wildman–Crippen MR) is 127 cm³/mol. The minimum atomic E-state index is -0.625. The Morgan fingerprint density at radius 1 is 1.19 bits per heavy atom. The third-order valence-corrected chi connectivity index (χ3v) is 6.44. The van der Waals surface area contributed by atoms with E-state index >= 15 is 0 Å². The molecule has 168 valence electrons. The second-order valence-corrected chi connectivity index (χ2v) is 9.09. The monoisotopic (exact) mass is 464 g/mol. The van der Waals surface area contributed by atoms with Crippen LogP contribution < -0.4 is 5.32 Å². The third kappa shape index (κ3) is 7.54. The third-order valence-electron chi connectivity index (χ3n) is 5.14. The number of aryl methyl sites for hydroxylation is 1. The van der Waals surface area contributed by atoms with E-state index < -0.39 is 6.04 Å². The van der Waals surface area contributed by atoms with Gasteiger partial charge in [0.25, 0.3) is 0 Å². The maximum Gasteiger partial charge on any atom is 0.242 e. The van der Waals surface area contributed by atoms with Crippen molar-refractivity contribution in [1.82, 2.24) is 10.2 Å². The van der Waals surface area contributed by atoms with Gasteiger partial charge in [0.15, 0.2) is 0 Å². The Hall–Kier alpha value is -2.05. The van der Waals surface area contributed by atoms with Gasteiger partial charge in [-0.1, -0.05) is 54.4 Å². The van der Waals surface area contributed by atoms with Gasteiger partial charge in [0, 0.05) is 28.9 Å². The molecule has 2 aromatic rings. The van der Waals surface area contributed by atoms with Gasteiger partial charge in [0.1, 0.15) is 11.9 Å². The fourth-order valence-electron chi connectivity index (χ4n) is 3.05. The average molecular weight is 465 g/mol. The Bertz CT molecular complexity index is 889. The van der Waals surface area contributed by atoms with Crippen molar-refractivity contribution in [2.75, 3.05) is 5.75 Å². The van der Waals surface area contributed by atoms with Crippen LogP contribution in [0.2, 0.25) is 5.02 Å². The summed E-state index contributed by atoms with van der Waals surface area (Å²) < 4.78 is 14.0. The number of nitrogens with one attached hydrogen (secondary N) is 1. The fraction of sp³-hybridized carbons (Fsp3) is 0.417. The number of carbonyl (C=O) groups is 2. The molecule has 0 aromatic heterocycles. The molecule has 0 unspecified atom stereocenters. The number of carbonyl (C=O) groups excluding carboxylic acids is 2. The standard InChI is InChI=1S/C24H30ClFN2O2S/c1-5-17(3)27-24(30)18(4)28(13-19-9-6-8-16(2)12-19)23(29)15-31-14-20-21(25)10-7-11-22(20)26/h6-12,17-18H,5,13-15H2,1-4H3,(H,27,30)/t17-,18+/m0/s1. The molecule has 0 aliphatic heterocycles. The highest BCUT2D eigenvalue weighted by Gasteiger charge is 2.26. The predicted octanol–water partition coefficient (Wildman–Crippen LogP) is 5.35. The summed E-state index contributed by atoms with van der Waals surface area (Å²) in [7, 11) is 0. The van der Waals surface area contributed by atoms with Crippen molar-refractivity contribution in [2.24, 2.45) is 0 Å². The molecule has 0 fully saturated rings. The molecule has 2 rings (SSSR count). The van der Waals surface area contributed by atoms with Gasteiger partial charge in [-0.15, -0.1) is 11.8 Å². The number of hydrogen-bond acceptors (Lipinski definition) is 3. The molecule has 7 heteroatoms. The molecule has 2 amide bonds. The zero-order valence-corrected chi connectivity index (χ0v) is 20.0. The molecule has 0 aliphatic rings. The van der Waals surface area contributed by atoms with E-state index in [9.17, 15) is 14.0 Å². The lowest BCUT2D eigenvalue weighted by Crippen LogP contribution is -2.50. The van der Waals surface area contributed by atoms with E-state index in [2.05, 4.69) is 5.32 Å². The number of rotatable bonds is 10. The smallest absolute Gasteiger partial charge is 0.242 e. The van der Waals surface area contributed by atoms with Crippen molar-refractivity contribution in [2.45, 2.75) is 58.5 Å². The van der Waals surface area contributed by atoms with E-state index in [1.54, 1.807) is 24.0 Å². The number of thioether (sulfide) groups is 1. The summed E-state index contributed by atoms with van der Waals surface area (Å²) in [6.07, 6.45) is 0.809. The molecule has 1 N–H and O–H groups in total.